The van der Waals surface area contributed by atoms with E-state index in [1.807, 2.05) is 6.92 Å². The Labute approximate surface area is 147 Å². The van der Waals surface area contributed by atoms with Crippen molar-refractivity contribution >= 4 is 12.1 Å². The SMILES string of the molecule is CCNC(=NCc1cc(F)ccc1F)NCCNC(=O)OC(C)(C)C. The number of ether oxygens (including phenoxy) is 1. The zero-order valence-corrected chi connectivity index (χ0v) is 15.1. The van der Waals surface area contributed by atoms with Gasteiger partial charge in [-0.25, -0.2) is 18.6 Å². The lowest BCUT2D eigenvalue weighted by atomic mass is 10.2. The largest absolute Gasteiger partial charge is 0.444 e. The normalized spacial score (nSPS) is 11.8. The fourth-order valence-electron chi connectivity index (χ4n) is 1.83. The Morgan fingerprint density at radius 2 is 1.84 bits per heavy atom. The van der Waals surface area contributed by atoms with E-state index in [4.69, 9.17) is 4.74 Å². The van der Waals surface area contributed by atoms with Gasteiger partial charge >= 0.3 is 6.09 Å². The number of halogens is 2. The molecule has 0 aliphatic carbocycles. The zero-order chi connectivity index (χ0) is 18.9. The van der Waals surface area contributed by atoms with E-state index in [1.165, 1.54) is 0 Å². The van der Waals surface area contributed by atoms with Gasteiger partial charge in [0.15, 0.2) is 5.96 Å². The standard InChI is InChI=1S/C17H26F2N4O2/c1-5-20-15(21-8-9-22-16(24)25-17(2,3)4)23-11-12-10-13(18)6-7-14(12)19/h6-7,10H,5,8-9,11H2,1-4H3,(H,22,24)(H2,20,21,23). The molecule has 140 valence electrons. The van der Waals surface area contributed by atoms with Crippen molar-refractivity contribution < 1.29 is 18.3 Å². The first-order valence-electron chi connectivity index (χ1n) is 8.14. The van der Waals surface area contributed by atoms with Crippen molar-refractivity contribution in [3.63, 3.8) is 0 Å². The van der Waals surface area contributed by atoms with Crippen molar-refractivity contribution in [3.05, 3.63) is 35.4 Å². The molecule has 0 aliphatic heterocycles. The molecule has 3 N–H and O–H groups in total. The van der Waals surface area contributed by atoms with Crippen LogP contribution in [0.2, 0.25) is 0 Å². The van der Waals surface area contributed by atoms with E-state index in [1.54, 1.807) is 20.8 Å². The molecule has 0 aliphatic rings. The third-order valence-corrected chi connectivity index (χ3v) is 2.85. The Morgan fingerprint density at radius 3 is 2.48 bits per heavy atom. The maximum absolute atomic E-state index is 13.6. The van der Waals surface area contributed by atoms with Gasteiger partial charge in [0.2, 0.25) is 0 Å². The maximum Gasteiger partial charge on any atom is 0.407 e. The van der Waals surface area contributed by atoms with Gasteiger partial charge in [-0.05, 0) is 45.9 Å². The Kier molecular flexibility index (Phi) is 8.10. The lowest BCUT2D eigenvalue weighted by molar-refractivity contribution is 0.0529. The first-order valence-corrected chi connectivity index (χ1v) is 8.14. The molecule has 1 rings (SSSR count). The van der Waals surface area contributed by atoms with Gasteiger partial charge in [-0.1, -0.05) is 0 Å². The van der Waals surface area contributed by atoms with E-state index in [0.29, 0.717) is 25.6 Å². The molecule has 0 aromatic heterocycles. The first kappa shape index (κ1) is 20.7. The molecule has 8 heteroatoms. The first-order chi connectivity index (χ1) is 11.7. The fourth-order valence-corrected chi connectivity index (χ4v) is 1.83. The van der Waals surface area contributed by atoms with Gasteiger partial charge in [-0.3, -0.25) is 0 Å². The van der Waals surface area contributed by atoms with Gasteiger partial charge in [0, 0.05) is 25.2 Å². The molecule has 0 fully saturated rings. The van der Waals surface area contributed by atoms with Gasteiger partial charge in [0.1, 0.15) is 17.2 Å². The summed E-state index contributed by atoms with van der Waals surface area (Å²) in [5, 5.41) is 8.60. The third-order valence-electron chi connectivity index (χ3n) is 2.85. The molecule has 6 nitrogen and oxygen atoms in total. The molecular weight excluding hydrogens is 330 g/mol. The van der Waals surface area contributed by atoms with Gasteiger partial charge in [0.25, 0.3) is 0 Å². The van der Waals surface area contributed by atoms with Crippen LogP contribution in [0.15, 0.2) is 23.2 Å². The number of amides is 1. The summed E-state index contributed by atoms with van der Waals surface area (Å²) >= 11 is 0. The minimum absolute atomic E-state index is 0.00157. The highest BCUT2D eigenvalue weighted by Gasteiger charge is 2.15. The highest BCUT2D eigenvalue weighted by atomic mass is 19.1. The molecule has 0 saturated heterocycles. The molecule has 1 aromatic carbocycles. The van der Waals surface area contributed by atoms with E-state index in [-0.39, 0.29) is 12.1 Å². The number of nitrogens with zero attached hydrogens (tertiary/aromatic N) is 1. The summed E-state index contributed by atoms with van der Waals surface area (Å²) in [6, 6.07) is 3.26. The van der Waals surface area contributed by atoms with Crippen LogP contribution in [0.25, 0.3) is 0 Å². The van der Waals surface area contributed by atoms with E-state index in [0.717, 1.165) is 18.2 Å². The summed E-state index contributed by atoms with van der Waals surface area (Å²) in [5.41, 5.74) is -0.382. The predicted octanol–water partition coefficient (Wildman–Crippen LogP) is 2.54. The second-order valence-electron chi connectivity index (χ2n) is 6.29. The molecular formula is C17H26F2N4O2. The third kappa shape index (κ3) is 8.88. The second kappa shape index (κ2) is 9.80. The van der Waals surface area contributed by atoms with Crippen LogP contribution in [0.1, 0.15) is 33.3 Å². The van der Waals surface area contributed by atoms with Crippen LogP contribution in [0.4, 0.5) is 13.6 Å². The minimum Gasteiger partial charge on any atom is -0.444 e. The number of hydrogen-bond donors (Lipinski definition) is 3. The van der Waals surface area contributed by atoms with Crippen molar-refractivity contribution in [2.75, 3.05) is 19.6 Å². The van der Waals surface area contributed by atoms with E-state index in [2.05, 4.69) is 20.9 Å². The minimum atomic E-state index is -0.553. The molecule has 0 unspecified atom stereocenters. The zero-order valence-electron chi connectivity index (χ0n) is 15.1. The van der Waals surface area contributed by atoms with Crippen LogP contribution in [0.3, 0.4) is 0 Å². The van der Waals surface area contributed by atoms with Crippen molar-refractivity contribution in [1.82, 2.24) is 16.0 Å². The van der Waals surface area contributed by atoms with Crippen molar-refractivity contribution in [1.29, 1.82) is 0 Å². The average molecular weight is 356 g/mol. The average Bonchev–Trinajstić information content (AvgIpc) is 2.50. The Bertz CT molecular complexity index is 601. The summed E-state index contributed by atoms with van der Waals surface area (Å²) in [6.45, 7) is 8.57. The highest BCUT2D eigenvalue weighted by Crippen LogP contribution is 2.10. The van der Waals surface area contributed by atoms with Crippen molar-refractivity contribution in [3.8, 4) is 0 Å². The van der Waals surface area contributed by atoms with E-state index in [9.17, 15) is 13.6 Å². The number of carbonyl (C=O) groups is 1. The van der Waals surface area contributed by atoms with Gasteiger partial charge in [-0.2, -0.15) is 0 Å². The summed E-state index contributed by atoms with van der Waals surface area (Å²) in [4.78, 5) is 15.7. The van der Waals surface area contributed by atoms with Crippen LogP contribution < -0.4 is 16.0 Å². The Balaban J connectivity index is 2.48. The number of aliphatic imine (C=N–C) groups is 1. The number of carbonyl (C=O) groups excluding carboxylic acids is 1. The molecule has 25 heavy (non-hydrogen) atoms. The summed E-state index contributed by atoms with van der Waals surface area (Å²) in [6.07, 6.45) is -0.502. The van der Waals surface area contributed by atoms with Gasteiger partial charge in [0.05, 0.1) is 6.54 Å². The number of benzene rings is 1. The number of rotatable bonds is 6. The van der Waals surface area contributed by atoms with Gasteiger partial charge in [-0.15, -0.1) is 0 Å². The van der Waals surface area contributed by atoms with Crippen LogP contribution in [-0.2, 0) is 11.3 Å². The van der Waals surface area contributed by atoms with Crippen LogP contribution in [0.5, 0.6) is 0 Å². The fraction of sp³-hybridized carbons (Fsp3) is 0.529. The molecule has 0 saturated carbocycles. The molecule has 0 bridgehead atoms. The van der Waals surface area contributed by atoms with Crippen LogP contribution in [0, 0.1) is 11.6 Å². The van der Waals surface area contributed by atoms with Crippen molar-refractivity contribution in [2.24, 2.45) is 4.99 Å². The molecule has 1 amide bonds. The predicted molar refractivity (Wildman–Crippen MR) is 93.4 cm³/mol. The molecule has 0 radical (unpaired) electrons. The topological polar surface area (TPSA) is 74.8 Å². The summed E-state index contributed by atoms with van der Waals surface area (Å²) < 4.78 is 31.9. The van der Waals surface area contributed by atoms with Gasteiger partial charge < -0.3 is 20.7 Å². The number of nitrogens with one attached hydrogen (secondary N) is 3. The van der Waals surface area contributed by atoms with Crippen molar-refractivity contribution in [2.45, 2.75) is 39.8 Å². The van der Waals surface area contributed by atoms with Crippen LogP contribution in [-0.4, -0.2) is 37.3 Å². The molecule has 0 heterocycles. The number of alkyl carbamates (subject to hydrolysis) is 1. The Hall–Kier alpha value is -2.38. The number of hydrogen-bond acceptors (Lipinski definition) is 3. The monoisotopic (exact) mass is 356 g/mol. The Morgan fingerprint density at radius 1 is 1.16 bits per heavy atom. The number of guanidine groups is 1. The van der Waals surface area contributed by atoms with E-state index < -0.39 is 23.3 Å². The quantitative estimate of drug-likeness (QED) is 0.416. The molecule has 0 atom stereocenters. The lowest BCUT2D eigenvalue weighted by Gasteiger charge is -2.19. The highest BCUT2D eigenvalue weighted by molar-refractivity contribution is 5.79. The molecule has 0 spiro atoms. The lowest BCUT2D eigenvalue weighted by Crippen LogP contribution is -2.42. The van der Waals surface area contributed by atoms with E-state index >= 15 is 0 Å². The second-order valence-corrected chi connectivity index (χ2v) is 6.29. The maximum atomic E-state index is 13.6. The smallest absolute Gasteiger partial charge is 0.407 e. The van der Waals surface area contributed by atoms with Crippen LogP contribution >= 0.6 is 0 Å². The summed E-state index contributed by atoms with van der Waals surface area (Å²) in [7, 11) is 0. The molecule has 1 aromatic rings. The summed E-state index contributed by atoms with van der Waals surface area (Å²) in [5.74, 6) is -0.573.